The molecular formula is C56H61N3O7S2. The van der Waals surface area contributed by atoms with Crippen LogP contribution in [0.5, 0.6) is 0 Å². The van der Waals surface area contributed by atoms with Gasteiger partial charge in [0.1, 0.15) is 5.60 Å². The molecule has 6 aromatic rings. The molecule has 0 bridgehead atoms. The number of hydrogen-bond donors (Lipinski definition) is 0. The second kappa shape index (κ2) is 21.7. The van der Waals surface area contributed by atoms with Crippen LogP contribution < -0.4 is 0 Å². The molecule has 1 saturated carbocycles. The molecular weight excluding hydrogens is 891 g/mol. The summed E-state index contributed by atoms with van der Waals surface area (Å²) in [6, 6.07) is 49.6. The zero-order valence-electron chi connectivity index (χ0n) is 39.0. The fraction of sp³-hybridized carbons (Fsp3) is 0.321. The minimum Gasteiger partial charge on any atom is -0.361 e. The van der Waals surface area contributed by atoms with Crippen LogP contribution in [-0.2, 0) is 30.4 Å². The van der Waals surface area contributed by atoms with Crippen molar-refractivity contribution in [3.05, 3.63) is 203 Å². The minimum absolute atomic E-state index is 0.0142. The maximum atomic E-state index is 15.0. The van der Waals surface area contributed by atoms with E-state index in [1.807, 2.05) is 68.4 Å². The fourth-order valence-electron chi connectivity index (χ4n) is 9.93. The zero-order valence-corrected chi connectivity index (χ0v) is 40.6. The highest BCUT2D eigenvalue weighted by Crippen LogP contribution is 2.41. The van der Waals surface area contributed by atoms with Gasteiger partial charge in [0.25, 0.3) is 11.8 Å². The molecule has 1 aliphatic carbocycles. The number of benzene rings is 6. The van der Waals surface area contributed by atoms with Gasteiger partial charge in [0.2, 0.25) is 20.0 Å². The summed E-state index contributed by atoms with van der Waals surface area (Å²) in [5, 5.41) is 0. The summed E-state index contributed by atoms with van der Waals surface area (Å²) < 4.78 is 69.8. The number of nitrogens with zero attached hydrogens (tertiary/aromatic N) is 3. The van der Waals surface area contributed by atoms with Crippen LogP contribution in [0.15, 0.2) is 174 Å². The van der Waals surface area contributed by atoms with Gasteiger partial charge in [-0.15, -0.1) is 0 Å². The summed E-state index contributed by atoms with van der Waals surface area (Å²) in [5.74, 6) is -0.808. The number of hydrogen-bond acceptors (Lipinski definition) is 7. The van der Waals surface area contributed by atoms with Gasteiger partial charge in [0.15, 0.2) is 0 Å². The maximum absolute atomic E-state index is 15.0. The average molecular weight is 952 g/mol. The lowest BCUT2D eigenvalue weighted by molar-refractivity contribution is 0.0106. The van der Waals surface area contributed by atoms with Crippen molar-refractivity contribution in [2.75, 3.05) is 26.2 Å². The third kappa shape index (κ3) is 10.3. The minimum atomic E-state index is -4.17. The predicted octanol–water partition coefficient (Wildman–Crippen LogP) is 10.6. The Morgan fingerprint density at radius 1 is 0.500 bits per heavy atom. The largest absolute Gasteiger partial charge is 0.361 e. The Labute approximate surface area is 402 Å². The van der Waals surface area contributed by atoms with E-state index in [0.717, 1.165) is 53.5 Å². The summed E-state index contributed by atoms with van der Waals surface area (Å²) in [4.78, 5) is 28.1. The molecule has 68 heavy (non-hydrogen) atoms. The highest BCUT2D eigenvalue weighted by atomic mass is 32.2. The number of carbonyl (C=O) groups excluding carboxylic acids is 2. The standard InChI is InChI=1S/C56H61N3O7S2/c1-43-31-35-48(36-32-43)67(62,63)58(40-18-3-4-19-42-66-56(45-21-8-5-9-22-45,46-23-10-6-11-24-46)47-25-12-7-13-26-47)52-29-16-17-30-53(52)59(68(64,65)49-37-33-44(2)34-38-49)41-20-39-57-54(60)50-27-14-15-28-51(50)55(57)61/h5-15,21-28,31-38,52-53H,3-4,16-20,29-30,39-42H2,1-2H3/t52-,53-/m1/s1. The van der Waals surface area contributed by atoms with E-state index in [9.17, 15) is 26.4 Å². The third-order valence-electron chi connectivity index (χ3n) is 13.5. The van der Waals surface area contributed by atoms with Crippen LogP contribution in [0.4, 0.5) is 0 Å². The predicted molar refractivity (Wildman–Crippen MR) is 266 cm³/mol. The number of aryl methyl sites for hydroxylation is 2. The Kier molecular flexibility index (Phi) is 15.5. The van der Waals surface area contributed by atoms with Gasteiger partial charge in [0, 0.05) is 38.3 Å². The molecule has 2 amide bonds. The Hall–Kier alpha value is -5.76. The molecule has 1 fully saturated rings. The Morgan fingerprint density at radius 3 is 1.31 bits per heavy atom. The van der Waals surface area contributed by atoms with Crippen molar-refractivity contribution in [2.45, 2.75) is 99.1 Å². The van der Waals surface area contributed by atoms with E-state index in [0.29, 0.717) is 43.4 Å². The fourth-order valence-corrected chi connectivity index (χ4v) is 13.4. The molecule has 2 aliphatic rings. The number of ether oxygens (including phenoxy) is 1. The van der Waals surface area contributed by atoms with Crippen LogP contribution in [0.2, 0.25) is 0 Å². The summed E-state index contributed by atoms with van der Waals surface area (Å²) in [5.41, 5.74) is 4.74. The second-order valence-corrected chi connectivity index (χ2v) is 21.8. The number of amides is 2. The first-order chi connectivity index (χ1) is 32.9. The molecule has 6 aromatic carbocycles. The number of fused-ring (bicyclic) bond motifs is 1. The number of carbonyl (C=O) groups is 2. The van der Waals surface area contributed by atoms with Gasteiger partial charge in [0.05, 0.1) is 20.9 Å². The molecule has 1 heterocycles. The SMILES string of the molecule is Cc1ccc(S(=O)(=O)N(CCCCCCOC(c2ccccc2)(c2ccccc2)c2ccccc2)[C@@H]2CCCC[C@H]2N(CCCN2C(=O)c3ccccc3C2=O)S(=O)(=O)c2ccc(C)cc2)cc1. The van der Waals surface area contributed by atoms with Crippen LogP contribution in [-0.4, -0.2) is 80.5 Å². The molecule has 0 unspecified atom stereocenters. The van der Waals surface area contributed by atoms with Gasteiger partial charge in [-0.1, -0.05) is 164 Å². The number of unbranched alkanes of at least 4 members (excludes halogenated alkanes) is 3. The van der Waals surface area contributed by atoms with Gasteiger partial charge in [-0.25, -0.2) is 16.8 Å². The van der Waals surface area contributed by atoms with Crippen LogP contribution in [0, 0.1) is 13.8 Å². The Morgan fingerprint density at radius 2 is 0.882 bits per heavy atom. The lowest BCUT2D eigenvalue weighted by Gasteiger charge is -2.44. The lowest BCUT2D eigenvalue weighted by Crippen LogP contribution is -2.57. The molecule has 12 heteroatoms. The van der Waals surface area contributed by atoms with E-state index in [1.165, 1.54) is 9.21 Å². The molecule has 0 spiro atoms. The van der Waals surface area contributed by atoms with E-state index in [-0.39, 0.29) is 35.8 Å². The summed E-state index contributed by atoms with van der Waals surface area (Å²) >= 11 is 0. The van der Waals surface area contributed by atoms with Gasteiger partial charge in [-0.3, -0.25) is 14.5 Å². The normalized spacial score (nSPS) is 16.7. The lowest BCUT2D eigenvalue weighted by atomic mass is 9.80. The summed E-state index contributed by atoms with van der Waals surface area (Å²) in [6.45, 7) is 4.46. The van der Waals surface area contributed by atoms with Gasteiger partial charge in [-0.05, 0) is 99.0 Å². The maximum Gasteiger partial charge on any atom is 0.261 e. The van der Waals surface area contributed by atoms with E-state index < -0.39 is 49.5 Å². The Balaban J connectivity index is 1.03. The molecule has 0 N–H and O–H groups in total. The first-order valence-electron chi connectivity index (χ1n) is 23.9. The number of rotatable bonds is 21. The molecule has 354 valence electrons. The molecule has 8 rings (SSSR count). The van der Waals surface area contributed by atoms with Crippen molar-refractivity contribution in [1.29, 1.82) is 0 Å². The van der Waals surface area contributed by atoms with Crippen LogP contribution in [0.1, 0.15) is 106 Å². The van der Waals surface area contributed by atoms with Crippen LogP contribution in [0.25, 0.3) is 0 Å². The zero-order chi connectivity index (χ0) is 47.7. The van der Waals surface area contributed by atoms with Crippen molar-refractivity contribution >= 4 is 31.9 Å². The highest BCUT2D eigenvalue weighted by molar-refractivity contribution is 7.89. The molecule has 1 aliphatic heterocycles. The summed E-state index contributed by atoms with van der Waals surface area (Å²) in [7, 11) is -8.27. The topological polar surface area (TPSA) is 121 Å². The van der Waals surface area contributed by atoms with E-state index in [4.69, 9.17) is 4.74 Å². The van der Waals surface area contributed by atoms with Crippen molar-refractivity contribution in [3.8, 4) is 0 Å². The average Bonchev–Trinajstić information content (AvgIpc) is 3.60. The van der Waals surface area contributed by atoms with Crippen molar-refractivity contribution in [2.24, 2.45) is 0 Å². The van der Waals surface area contributed by atoms with Gasteiger partial charge < -0.3 is 4.74 Å². The van der Waals surface area contributed by atoms with E-state index in [1.54, 1.807) is 77.1 Å². The highest BCUT2D eigenvalue weighted by Gasteiger charge is 2.44. The Bertz CT molecular complexity index is 2730. The number of imide groups is 1. The van der Waals surface area contributed by atoms with Gasteiger partial charge in [-0.2, -0.15) is 8.61 Å². The van der Waals surface area contributed by atoms with Crippen LogP contribution >= 0.6 is 0 Å². The monoisotopic (exact) mass is 951 g/mol. The van der Waals surface area contributed by atoms with Crippen molar-refractivity contribution in [3.63, 3.8) is 0 Å². The smallest absolute Gasteiger partial charge is 0.261 e. The van der Waals surface area contributed by atoms with Gasteiger partial charge >= 0.3 is 0 Å². The molecule has 10 nitrogen and oxygen atoms in total. The molecule has 0 aromatic heterocycles. The van der Waals surface area contributed by atoms with Crippen molar-refractivity contribution < 1.29 is 31.2 Å². The second-order valence-electron chi connectivity index (χ2n) is 18.0. The van der Waals surface area contributed by atoms with E-state index in [2.05, 4.69) is 36.4 Å². The first-order valence-corrected chi connectivity index (χ1v) is 26.7. The molecule has 0 radical (unpaired) electrons. The first kappa shape index (κ1) is 48.7. The molecule has 2 atom stereocenters. The van der Waals surface area contributed by atoms with Crippen LogP contribution in [0.3, 0.4) is 0 Å². The van der Waals surface area contributed by atoms with E-state index >= 15 is 0 Å². The number of sulfonamides is 2. The quantitative estimate of drug-likeness (QED) is 0.0400. The molecule has 0 saturated heterocycles. The third-order valence-corrected chi connectivity index (χ3v) is 17.3. The van der Waals surface area contributed by atoms with Crippen molar-refractivity contribution in [1.82, 2.24) is 13.5 Å². The summed E-state index contributed by atoms with van der Waals surface area (Å²) in [6.07, 6.45) is 5.35.